The van der Waals surface area contributed by atoms with Crippen LogP contribution in [0.3, 0.4) is 0 Å². The van der Waals surface area contributed by atoms with E-state index < -0.39 is 10.9 Å². The van der Waals surface area contributed by atoms with Crippen LogP contribution in [-0.4, -0.2) is 62.8 Å². The van der Waals surface area contributed by atoms with Crippen molar-refractivity contribution in [1.29, 1.82) is 0 Å². The molecule has 9 nitrogen and oxygen atoms in total. The number of rotatable bonds is 40. The second-order valence-corrected chi connectivity index (χ2v) is 15.6. The topological polar surface area (TPSA) is 114 Å². The van der Waals surface area contributed by atoms with Crippen LogP contribution in [0.1, 0.15) is 210 Å². The first kappa shape index (κ1) is 49.6. The summed E-state index contributed by atoms with van der Waals surface area (Å²) >= 11 is 0. The van der Waals surface area contributed by atoms with Gasteiger partial charge in [-0.15, -0.1) is 0 Å². The van der Waals surface area contributed by atoms with Crippen LogP contribution < -0.4 is 21.5 Å². The van der Waals surface area contributed by atoms with Crippen molar-refractivity contribution < 1.29 is 21.9 Å². The van der Waals surface area contributed by atoms with Gasteiger partial charge in [0, 0.05) is 29.3 Å². The monoisotopic (exact) mass is 766 g/mol. The molecule has 0 fully saturated rings. The molecule has 0 unspecified atom stereocenters. The maximum absolute atomic E-state index is 13.0. The standard InChI is InChI=1S/C45H83N3O6.2H2/c1-5-8-11-13-18-22-30-39(31-23-19-14-12-9-6-2)54-41(50)33-25-27-36-48(37-29-34-47-43-42(46-4)44(51)45(43)52)35-26-21-17-15-16-20-24-32-40(49)53-38-28-10-7-3;;/h39,46-47H,5-38H2,1-4H3;2*1H. The summed E-state index contributed by atoms with van der Waals surface area (Å²) in [5.41, 5.74) is -0.0989. The Kier molecular flexibility index (Phi) is 32.2. The third-order valence-corrected chi connectivity index (χ3v) is 10.6. The molecule has 0 amide bonds. The second kappa shape index (κ2) is 35.0. The molecular formula is C45H87N3O6. The van der Waals surface area contributed by atoms with Gasteiger partial charge in [0.25, 0.3) is 10.9 Å². The number of hydrogen-bond acceptors (Lipinski definition) is 9. The minimum absolute atomic E-state index is 0. The molecule has 0 bridgehead atoms. The summed E-state index contributed by atoms with van der Waals surface area (Å²) in [6.45, 7) is 10.7. The molecule has 1 rings (SSSR count). The van der Waals surface area contributed by atoms with Crippen LogP contribution in [-0.2, 0) is 19.1 Å². The molecule has 0 atom stereocenters. The van der Waals surface area contributed by atoms with Crippen LogP contribution in [0.4, 0.5) is 11.4 Å². The highest BCUT2D eigenvalue weighted by atomic mass is 16.5. The van der Waals surface area contributed by atoms with Gasteiger partial charge >= 0.3 is 11.9 Å². The maximum atomic E-state index is 13.0. The lowest BCUT2D eigenvalue weighted by Crippen LogP contribution is -2.37. The highest BCUT2D eigenvalue weighted by Gasteiger charge is 2.19. The molecule has 0 saturated carbocycles. The zero-order chi connectivity index (χ0) is 39.5. The molecule has 0 saturated heterocycles. The van der Waals surface area contributed by atoms with E-state index in [1.54, 1.807) is 7.05 Å². The van der Waals surface area contributed by atoms with Gasteiger partial charge in [-0.1, -0.05) is 130 Å². The molecule has 1 aromatic carbocycles. The molecule has 0 radical (unpaired) electrons. The van der Waals surface area contributed by atoms with Gasteiger partial charge in [0.2, 0.25) is 0 Å². The second-order valence-electron chi connectivity index (χ2n) is 15.6. The molecule has 0 aliphatic heterocycles. The summed E-state index contributed by atoms with van der Waals surface area (Å²) < 4.78 is 11.4. The van der Waals surface area contributed by atoms with E-state index in [1.165, 1.54) is 83.5 Å². The summed E-state index contributed by atoms with van der Waals surface area (Å²) in [5.74, 6) is -0.0913. The first-order chi connectivity index (χ1) is 26.4. The lowest BCUT2D eigenvalue weighted by Gasteiger charge is -2.23. The van der Waals surface area contributed by atoms with E-state index in [1.807, 2.05) is 0 Å². The highest BCUT2D eigenvalue weighted by Crippen LogP contribution is 2.19. The van der Waals surface area contributed by atoms with Crippen molar-refractivity contribution >= 4 is 23.3 Å². The number of carbonyl (C=O) groups excluding carboxylic acids is 2. The number of carbonyl (C=O) groups is 2. The fourth-order valence-corrected chi connectivity index (χ4v) is 7.17. The first-order valence-electron chi connectivity index (χ1n) is 22.7. The Balaban J connectivity index is 0. The number of hydrogen-bond donors (Lipinski definition) is 2. The fourth-order valence-electron chi connectivity index (χ4n) is 7.17. The molecule has 318 valence electrons. The number of unbranched alkanes of at least 4 members (excludes halogenated alkanes) is 19. The van der Waals surface area contributed by atoms with Crippen LogP contribution >= 0.6 is 0 Å². The lowest BCUT2D eigenvalue weighted by molar-refractivity contribution is -0.150. The number of nitrogens with one attached hydrogen (secondary N) is 2. The molecular weight excluding hydrogens is 679 g/mol. The largest absolute Gasteiger partial charge is 0.466 e. The van der Waals surface area contributed by atoms with Crippen LogP contribution in [0.2, 0.25) is 0 Å². The van der Waals surface area contributed by atoms with Crippen LogP contribution in [0.25, 0.3) is 0 Å². The van der Waals surface area contributed by atoms with Gasteiger partial charge in [0.05, 0.1) is 6.61 Å². The zero-order valence-electron chi connectivity index (χ0n) is 35.5. The van der Waals surface area contributed by atoms with Gasteiger partial charge in [0.1, 0.15) is 17.5 Å². The molecule has 0 heterocycles. The van der Waals surface area contributed by atoms with E-state index >= 15 is 0 Å². The van der Waals surface area contributed by atoms with E-state index in [2.05, 4.69) is 36.3 Å². The van der Waals surface area contributed by atoms with E-state index in [4.69, 9.17) is 9.47 Å². The molecule has 0 aliphatic rings. The Morgan fingerprint density at radius 1 is 0.556 bits per heavy atom. The maximum Gasteiger partial charge on any atom is 0.306 e. The molecule has 2 N–H and O–H groups in total. The summed E-state index contributed by atoms with van der Waals surface area (Å²) in [6, 6.07) is 0. The minimum atomic E-state index is -0.448. The number of ether oxygens (including phenoxy) is 2. The van der Waals surface area contributed by atoms with Crippen molar-refractivity contribution in [2.75, 3.05) is 50.5 Å². The van der Waals surface area contributed by atoms with Gasteiger partial charge in [-0.3, -0.25) is 19.2 Å². The Labute approximate surface area is 333 Å². The third-order valence-electron chi connectivity index (χ3n) is 10.6. The number of esters is 2. The van der Waals surface area contributed by atoms with Crippen LogP contribution in [0.5, 0.6) is 0 Å². The van der Waals surface area contributed by atoms with E-state index in [9.17, 15) is 19.2 Å². The Bertz CT molecular complexity index is 1110. The van der Waals surface area contributed by atoms with Gasteiger partial charge in [-0.25, -0.2) is 0 Å². The van der Waals surface area contributed by atoms with Gasteiger partial charge in [-0.2, -0.15) is 0 Å². The van der Waals surface area contributed by atoms with E-state index in [0.717, 1.165) is 110 Å². The molecule has 0 aromatic heterocycles. The smallest absolute Gasteiger partial charge is 0.306 e. The quantitative estimate of drug-likeness (QED) is 0.0383. The van der Waals surface area contributed by atoms with Crippen molar-refractivity contribution in [2.24, 2.45) is 0 Å². The first-order valence-corrected chi connectivity index (χ1v) is 22.7. The Morgan fingerprint density at radius 2 is 1.00 bits per heavy atom. The SMILES string of the molecule is CCCCCCCCC(CCCCCCCC)OC(=O)CCCCN(CCCCCCCCCC(=O)OCCCCC)CCCNc1c(NC)c(=O)c1=O.[HH].[HH]. The summed E-state index contributed by atoms with van der Waals surface area (Å²) in [4.78, 5) is 51.0. The van der Waals surface area contributed by atoms with Crippen molar-refractivity contribution in [3.05, 3.63) is 20.4 Å². The van der Waals surface area contributed by atoms with Crippen molar-refractivity contribution in [1.82, 2.24) is 4.90 Å². The summed E-state index contributed by atoms with van der Waals surface area (Å²) in [7, 11) is 1.66. The molecule has 54 heavy (non-hydrogen) atoms. The van der Waals surface area contributed by atoms with E-state index in [-0.39, 0.29) is 20.9 Å². The number of nitrogens with zero attached hydrogens (tertiary/aromatic N) is 1. The minimum Gasteiger partial charge on any atom is -0.466 e. The Hall–Kier alpha value is -2.42. The Morgan fingerprint density at radius 3 is 1.59 bits per heavy atom. The van der Waals surface area contributed by atoms with Crippen LogP contribution in [0, 0.1) is 0 Å². The van der Waals surface area contributed by atoms with Gasteiger partial charge < -0.3 is 25.0 Å². The molecule has 0 aliphatic carbocycles. The summed E-state index contributed by atoms with van der Waals surface area (Å²) in [6.07, 6.45) is 31.8. The average molecular weight is 766 g/mol. The number of anilines is 2. The van der Waals surface area contributed by atoms with E-state index in [0.29, 0.717) is 37.4 Å². The molecule has 1 aromatic rings. The highest BCUT2D eigenvalue weighted by molar-refractivity contribution is 5.73. The third kappa shape index (κ3) is 25.6. The van der Waals surface area contributed by atoms with Crippen molar-refractivity contribution in [2.45, 2.75) is 213 Å². The average Bonchev–Trinajstić information content (AvgIpc) is 3.17. The lowest BCUT2D eigenvalue weighted by atomic mass is 10.0. The fraction of sp³-hybridized carbons (Fsp3) is 0.867. The van der Waals surface area contributed by atoms with Crippen LogP contribution in [0.15, 0.2) is 9.59 Å². The normalized spacial score (nSPS) is 11.5. The predicted molar refractivity (Wildman–Crippen MR) is 232 cm³/mol. The predicted octanol–water partition coefficient (Wildman–Crippen LogP) is 11.4. The van der Waals surface area contributed by atoms with Crippen molar-refractivity contribution in [3.8, 4) is 0 Å². The zero-order valence-corrected chi connectivity index (χ0v) is 35.5. The molecule has 0 spiro atoms. The van der Waals surface area contributed by atoms with Gasteiger partial charge in [0.15, 0.2) is 0 Å². The van der Waals surface area contributed by atoms with Crippen molar-refractivity contribution in [3.63, 3.8) is 0 Å². The molecule has 9 heteroatoms. The van der Waals surface area contributed by atoms with Gasteiger partial charge in [-0.05, 0) is 83.8 Å². The summed E-state index contributed by atoms with van der Waals surface area (Å²) in [5, 5.41) is 5.99.